The minimum absolute atomic E-state index is 0.767. The van der Waals surface area contributed by atoms with E-state index in [1.54, 1.807) is 28.8 Å². The van der Waals surface area contributed by atoms with Crippen molar-refractivity contribution in [3.8, 4) is 11.8 Å². The van der Waals surface area contributed by atoms with Crippen molar-refractivity contribution < 1.29 is 0 Å². The molecule has 110 valence electrons. The van der Waals surface area contributed by atoms with Crippen molar-refractivity contribution in [2.75, 3.05) is 5.75 Å². The number of nitrogens with zero attached hydrogens (tertiary/aromatic N) is 4. The van der Waals surface area contributed by atoms with E-state index in [0.717, 1.165) is 33.0 Å². The van der Waals surface area contributed by atoms with Gasteiger partial charge < -0.3 is 0 Å². The molecule has 0 bridgehead atoms. The van der Waals surface area contributed by atoms with Gasteiger partial charge in [0.05, 0.1) is 0 Å². The second-order valence-electron chi connectivity index (χ2n) is 4.94. The van der Waals surface area contributed by atoms with E-state index in [2.05, 4.69) is 39.3 Å². The molecule has 0 spiro atoms. The molecule has 3 aromatic rings. The summed E-state index contributed by atoms with van der Waals surface area (Å²) < 4.78 is 1.68. The van der Waals surface area contributed by atoms with Gasteiger partial charge in [0.15, 0.2) is 5.65 Å². The van der Waals surface area contributed by atoms with E-state index in [1.165, 1.54) is 0 Å². The molecule has 1 aliphatic heterocycles. The lowest BCUT2D eigenvalue weighted by atomic mass is 10.1. The Bertz CT molecular complexity index is 974. The molecule has 0 fully saturated rings. The van der Waals surface area contributed by atoms with E-state index >= 15 is 0 Å². The van der Waals surface area contributed by atoms with Crippen molar-refractivity contribution in [1.82, 2.24) is 19.8 Å². The summed E-state index contributed by atoms with van der Waals surface area (Å²) in [6, 6.07) is 12.0. The predicted octanol–water partition coefficient (Wildman–Crippen LogP) is 3.19. The average Bonchev–Trinajstić information content (AvgIpc) is 3.10. The van der Waals surface area contributed by atoms with Crippen molar-refractivity contribution >= 4 is 22.3 Å². The number of aromatic nitrogens is 4. The maximum Gasteiger partial charge on any atom is 0.185 e. The topological polar surface area (TPSA) is 43.1 Å². The largest absolute Gasteiger partial charge is 0.200 e. The van der Waals surface area contributed by atoms with Crippen LogP contribution in [-0.2, 0) is 0 Å². The van der Waals surface area contributed by atoms with Gasteiger partial charge in [-0.15, -0.1) is 22.0 Å². The SMILES string of the molecule is C(#Cc1ccccc1)C1=CCSC(c2ccnn3cnnc23)=C1. The number of thioether (sulfide) groups is 1. The van der Waals surface area contributed by atoms with E-state index in [-0.39, 0.29) is 0 Å². The molecule has 4 rings (SSSR count). The average molecular weight is 316 g/mol. The van der Waals surface area contributed by atoms with E-state index in [9.17, 15) is 0 Å². The standard InChI is InChI=1S/C18H12N4S/c1-2-4-14(5-3-1)6-7-15-9-11-23-17(12-15)16-8-10-20-22-13-19-21-18(16)22/h1-5,8-10,12-13H,11H2. The van der Waals surface area contributed by atoms with Crippen LogP contribution in [0.25, 0.3) is 10.6 Å². The summed E-state index contributed by atoms with van der Waals surface area (Å²) >= 11 is 1.77. The molecule has 3 heterocycles. The predicted molar refractivity (Wildman–Crippen MR) is 92.6 cm³/mol. The van der Waals surface area contributed by atoms with Gasteiger partial charge in [-0.2, -0.15) is 9.61 Å². The molecular formula is C18H12N4S. The van der Waals surface area contributed by atoms with E-state index in [0.29, 0.717) is 0 Å². The highest BCUT2D eigenvalue weighted by atomic mass is 32.2. The molecule has 0 saturated heterocycles. The highest BCUT2D eigenvalue weighted by Gasteiger charge is 2.12. The smallest absolute Gasteiger partial charge is 0.185 e. The zero-order chi connectivity index (χ0) is 15.5. The lowest BCUT2D eigenvalue weighted by Gasteiger charge is -2.11. The van der Waals surface area contributed by atoms with Gasteiger partial charge in [-0.3, -0.25) is 0 Å². The normalized spacial score (nSPS) is 13.9. The van der Waals surface area contributed by atoms with Crippen LogP contribution in [0.1, 0.15) is 11.1 Å². The van der Waals surface area contributed by atoms with Gasteiger partial charge in [0.2, 0.25) is 0 Å². The van der Waals surface area contributed by atoms with E-state index in [1.807, 2.05) is 36.4 Å². The number of hydrogen-bond acceptors (Lipinski definition) is 4. The molecule has 1 aromatic carbocycles. The van der Waals surface area contributed by atoms with Crippen LogP contribution >= 0.6 is 11.8 Å². The van der Waals surface area contributed by atoms with Crippen LogP contribution in [0, 0.1) is 11.8 Å². The van der Waals surface area contributed by atoms with Crippen LogP contribution in [0.15, 0.2) is 66.6 Å². The molecule has 1 aliphatic rings. The first-order chi connectivity index (χ1) is 11.4. The van der Waals surface area contributed by atoms with Crippen LogP contribution in [0.4, 0.5) is 0 Å². The van der Waals surface area contributed by atoms with Crippen molar-refractivity contribution in [3.63, 3.8) is 0 Å². The Morgan fingerprint density at radius 2 is 2.00 bits per heavy atom. The molecule has 0 radical (unpaired) electrons. The van der Waals surface area contributed by atoms with Gasteiger partial charge in [0.1, 0.15) is 6.33 Å². The van der Waals surface area contributed by atoms with Gasteiger partial charge in [0, 0.05) is 33.6 Å². The summed E-state index contributed by atoms with van der Waals surface area (Å²) in [6.45, 7) is 0. The molecule has 23 heavy (non-hydrogen) atoms. The fourth-order valence-electron chi connectivity index (χ4n) is 2.31. The van der Waals surface area contributed by atoms with Crippen LogP contribution in [-0.4, -0.2) is 25.6 Å². The van der Waals surface area contributed by atoms with Crippen molar-refractivity contribution in [2.24, 2.45) is 0 Å². The molecule has 0 aliphatic carbocycles. The lowest BCUT2D eigenvalue weighted by Crippen LogP contribution is -1.96. The number of fused-ring (bicyclic) bond motifs is 1. The minimum Gasteiger partial charge on any atom is -0.200 e. The van der Waals surface area contributed by atoms with Gasteiger partial charge in [-0.1, -0.05) is 36.1 Å². The second kappa shape index (κ2) is 6.11. The van der Waals surface area contributed by atoms with Crippen LogP contribution in [0.5, 0.6) is 0 Å². The molecular weight excluding hydrogens is 304 g/mol. The zero-order valence-corrected chi connectivity index (χ0v) is 13.0. The maximum atomic E-state index is 4.20. The molecule has 0 saturated carbocycles. The summed E-state index contributed by atoms with van der Waals surface area (Å²) in [7, 11) is 0. The molecule has 0 N–H and O–H groups in total. The molecule has 4 nitrogen and oxygen atoms in total. The number of rotatable bonds is 1. The lowest BCUT2D eigenvalue weighted by molar-refractivity contribution is 0.924. The molecule has 0 amide bonds. The van der Waals surface area contributed by atoms with Crippen molar-refractivity contribution in [2.45, 2.75) is 0 Å². The Labute approximate surface area is 137 Å². The van der Waals surface area contributed by atoms with Gasteiger partial charge in [0.25, 0.3) is 0 Å². The Kier molecular flexibility index (Phi) is 3.66. The summed E-state index contributed by atoms with van der Waals surface area (Å²) in [5, 5.41) is 12.3. The molecule has 2 aromatic heterocycles. The fraction of sp³-hybridized carbons (Fsp3) is 0.0556. The van der Waals surface area contributed by atoms with Crippen molar-refractivity contribution in [3.05, 3.63) is 77.8 Å². The third-order valence-electron chi connectivity index (χ3n) is 3.42. The first-order valence-electron chi connectivity index (χ1n) is 7.17. The van der Waals surface area contributed by atoms with Crippen molar-refractivity contribution in [1.29, 1.82) is 0 Å². The summed E-state index contributed by atoms with van der Waals surface area (Å²) in [5.74, 6) is 7.34. The summed E-state index contributed by atoms with van der Waals surface area (Å²) in [6.07, 6.45) is 7.63. The van der Waals surface area contributed by atoms with Crippen LogP contribution in [0.3, 0.4) is 0 Å². The first-order valence-corrected chi connectivity index (χ1v) is 8.16. The quantitative estimate of drug-likeness (QED) is 0.647. The Morgan fingerprint density at radius 3 is 2.91 bits per heavy atom. The zero-order valence-electron chi connectivity index (χ0n) is 12.2. The Hall–Kier alpha value is -2.84. The third kappa shape index (κ3) is 2.89. The molecule has 5 heteroatoms. The maximum absolute atomic E-state index is 4.20. The number of benzene rings is 1. The van der Waals surface area contributed by atoms with Crippen LogP contribution in [0.2, 0.25) is 0 Å². The highest BCUT2D eigenvalue weighted by Crippen LogP contribution is 2.33. The van der Waals surface area contributed by atoms with Gasteiger partial charge in [-0.25, -0.2) is 0 Å². The van der Waals surface area contributed by atoms with E-state index in [4.69, 9.17) is 0 Å². The third-order valence-corrected chi connectivity index (χ3v) is 4.40. The molecule has 0 atom stereocenters. The molecule has 0 unspecified atom stereocenters. The van der Waals surface area contributed by atoms with E-state index < -0.39 is 0 Å². The Morgan fingerprint density at radius 1 is 1.09 bits per heavy atom. The van der Waals surface area contributed by atoms with Gasteiger partial charge >= 0.3 is 0 Å². The minimum atomic E-state index is 0.767. The van der Waals surface area contributed by atoms with Gasteiger partial charge in [-0.05, 0) is 24.3 Å². The summed E-state index contributed by atoms with van der Waals surface area (Å²) in [5.41, 5.74) is 3.85. The first kappa shape index (κ1) is 13.8. The fourth-order valence-corrected chi connectivity index (χ4v) is 3.28. The number of allylic oxidation sites excluding steroid dienone is 2. The second-order valence-corrected chi connectivity index (χ2v) is 6.00. The monoisotopic (exact) mass is 316 g/mol. The highest BCUT2D eigenvalue weighted by molar-refractivity contribution is 8.08. The summed E-state index contributed by atoms with van der Waals surface area (Å²) in [4.78, 5) is 1.14. The Balaban J connectivity index is 1.69. The van der Waals surface area contributed by atoms with Crippen LogP contribution < -0.4 is 0 Å². The number of hydrogen-bond donors (Lipinski definition) is 0.